The smallest absolute Gasteiger partial charge is 0.118 e. The van der Waals surface area contributed by atoms with Gasteiger partial charge in [0.05, 0.1) is 11.1 Å². The SMILES string of the molecule is CCCCC#CC(C)(C)C(C)(O)c1cc2ccccc2n1CC. The fourth-order valence-electron chi connectivity index (χ4n) is 2.94. The maximum Gasteiger partial charge on any atom is 0.118 e. The highest BCUT2D eigenvalue weighted by Gasteiger charge is 2.42. The molecule has 1 atom stereocenters. The van der Waals surface area contributed by atoms with Crippen molar-refractivity contribution in [1.82, 2.24) is 4.57 Å². The third kappa shape index (κ3) is 3.31. The molecule has 0 aliphatic heterocycles. The molecule has 1 heterocycles. The summed E-state index contributed by atoms with van der Waals surface area (Å²) in [6.07, 6.45) is 3.16. The second-order valence-corrected chi connectivity index (χ2v) is 6.94. The summed E-state index contributed by atoms with van der Waals surface area (Å²) >= 11 is 0. The highest BCUT2D eigenvalue weighted by atomic mass is 16.3. The molecule has 2 heteroatoms. The fraction of sp³-hybridized carbons (Fsp3) is 0.524. The van der Waals surface area contributed by atoms with Crippen molar-refractivity contribution in [2.24, 2.45) is 5.41 Å². The number of hydrogen-bond donors (Lipinski definition) is 1. The van der Waals surface area contributed by atoms with Gasteiger partial charge in [0.2, 0.25) is 0 Å². The number of benzene rings is 1. The van der Waals surface area contributed by atoms with Crippen LogP contribution in [0.15, 0.2) is 30.3 Å². The van der Waals surface area contributed by atoms with Gasteiger partial charge in [-0.05, 0) is 51.6 Å². The lowest BCUT2D eigenvalue weighted by Gasteiger charge is -2.37. The molecule has 1 N–H and O–H groups in total. The van der Waals surface area contributed by atoms with Crippen LogP contribution in [0.1, 0.15) is 59.6 Å². The molecule has 0 aliphatic rings. The second kappa shape index (κ2) is 6.81. The summed E-state index contributed by atoms with van der Waals surface area (Å²) in [5.41, 5.74) is 0.583. The van der Waals surface area contributed by atoms with Crippen molar-refractivity contribution < 1.29 is 5.11 Å². The third-order valence-electron chi connectivity index (χ3n) is 4.90. The molecule has 1 aromatic heterocycles. The van der Waals surface area contributed by atoms with Crippen molar-refractivity contribution in [3.8, 4) is 11.8 Å². The molecule has 23 heavy (non-hydrogen) atoms. The van der Waals surface area contributed by atoms with Gasteiger partial charge in [0.15, 0.2) is 0 Å². The Labute approximate surface area is 140 Å². The number of fused-ring (bicyclic) bond motifs is 1. The summed E-state index contributed by atoms with van der Waals surface area (Å²) in [6, 6.07) is 10.4. The first-order valence-electron chi connectivity index (χ1n) is 8.66. The van der Waals surface area contributed by atoms with Gasteiger partial charge in [-0.25, -0.2) is 0 Å². The molecule has 124 valence electrons. The summed E-state index contributed by atoms with van der Waals surface area (Å²) in [5, 5.41) is 12.5. The Morgan fingerprint density at radius 3 is 2.48 bits per heavy atom. The average Bonchev–Trinajstić information content (AvgIpc) is 2.90. The molecule has 0 amide bonds. The Bertz CT molecular complexity index is 725. The third-order valence-corrected chi connectivity index (χ3v) is 4.90. The van der Waals surface area contributed by atoms with Gasteiger partial charge in [-0.2, -0.15) is 0 Å². The number of aliphatic hydroxyl groups is 1. The van der Waals surface area contributed by atoms with Crippen molar-refractivity contribution >= 4 is 10.9 Å². The van der Waals surface area contributed by atoms with E-state index in [1.807, 2.05) is 32.9 Å². The number of para-hydroxylation sites is 1. The second-order valence-electron chi connectivity index (χ2n) is 6.94. The van der Waals surface area contributed by atoms with Gasteiger partial charge in [-0.3, -0.25) is 0 Å². The van der Waals surface area contributed by atoms with Crippen LogP contribution in [0.4, 0.5) is 0 Å². The maximum absolute atomic E-state index is 11.4. The molecular weight excluding hydrogens is 282 g/mol. The molecule has 0 saturated carbocycles. The summed E-state index contributed by atoms with van der Waals surface area (Å²) in [5.74, 6) is 6.57. The Kier molecular flexibility index (Phi) is 5.22. The number of hydrogen-bond acceptors (Lipinski definition) is 1. The highest BCUT2D eigenvalue weighted by Crippen LogP contribution is 2.41. The standard InChI is InChI=1S/C21H29NO/c1-6-8-9-12-15-20(3,4)21(5,23)19-16-17-13-10-11-14-18(17)22(19)7-2/h10-11,13-14,16,23H,6-9H2,1-5H3. The van der Waals surface area contributed by atoms with Crippen molar-refractivity contribution in [1.29, 1.82) is 0 Å². The van der Waals surface area contributed by atoms with Crippen LogP contribution < -0.4 is 0 Å². The minimum absolute atomic E-state index is 0.512. The van der Waals surface area contributed by atoms with E-state index in [9.17, 15) is 5.11 Å². The van der Waals surface area contributed by atoms with Gasteiger partial charge in [-0.15, -0.1) is 5.92 Å². The van der Waals surface area contributed by atoms with Gasteiger partial charge < -0.3 is 9.67 Å². The lowest BCUT2D eigenvalue weighted by atomic mass is 9.74. The van der Waals surface area contributed by atoms with Crippen molar-refractivity contribution in [2.75, 3.05) is 0 Å². The summed E-state index contributed by atoms with van der Waals surface area (Å²) < 4.78 is 2.20. The molecule has 0 aliphatic carbocycles. The molecule has 0 fully saturated rings. The summed E-state index contributed by atoms with van der Waals surface area (Å²) in [7, 11) is 0. The van der Waals surface area contributed by atoms with Gasteiger partial charge >= 0.3 is 0 Å². The van der Waals surface area contributed by atoms with E-state index >= 15 is 0 Å². The lowest BCUT2D eigenvalue weighted by molar-refractivity contribution is -0.0321. The van der Waals surface area contributed by atoms with E-state index in [1.54, 1.807) is 0 Å². The maximum atomic E-state index is 11.4. The van der Waals surface area contributed by atoms with E-state index < -0.39 is 11.0 Å². The molecule has 0 saturated heterocycles. The van der Waals surface area contributed by atoms with Crippen LogP contribution in [0.5, 0.6) is 0 Å². The highest BCUT2D eigenvalue weighted by molar-refractivity contribution is 5.81. The number of aromatic nitrogens is 1. The Balaban J connectivity index is 2.47. The topological polar surface area (TPSA) is 25.2 Å². The normalized spacial score (nSPS) is 14.3. The average molecular weight is 311 g/mol. The first-order valence-corrected chi connectivity index (χ1v) is 8.66. The van der Waals surface area contributed by atoms with Gasteiger partial charge in [0.25, 0.3) is 0 Å². The first-order chi connectivity index (χ1) is 10.8. The molecular formula is C21H29NO. The number of unbranched alkanes of at least 4 members (excludes halogenated alkanes) is 2. The molecule has 1 unspecified atom stereocenters. The summed E-state index contributed by atoms with van der Waals surface area (Å²) in [6.45, 7) is 11.1. The van der Waals surface area contributed by atoms with Crippen LogP contribution >= 0.6 is 0 Å². The molecule has 0 spiro atoms. The Hall–Kier alpha value is -1.72. The van der Waals surface area contributed by atoms with Crippen molar-refractivity contribution in [2.45, 2.75) is 66.0 Å². The minimum Gasteiger partial charge on any atom is -0.382 e. The zero-order valence-corrected chi connectivity index (χ0v) is 15.1. The van der Waals surface area contributed by atoms with Crippen LogP contribution in [0.2, 0.25) is 0 Å². The van der Waals surface area contributed by atoms with E-state index in [0.717, 1.165) is 31.5 Å². The fourth-order valence-corrected chi connectivity index (χ4v) is 2.94. The predicted molar refractivity (Wildman–Crippen MR) is 98.3 cm³/mol. The van der Waals surface area contributed by atoms with E-state index in [4.69, 9.17) is 0 Å². The van der Waals surface area contributed by atoms with E-state index in [-0.39, 0.29) is 0 Å². The van der Waals surface area contributed by atoms with Crippen LogP contribution in [0.3, 0.4) is 0 Å². The molecule has 2 aromatic rings. The Morgan fingerprint density at radius 2 is 1.83 bits per heavy atom. The molecule has 2 nitrogen and oxygen atoms in total. The van der Waals surface area contributed by atoms with Crippen LogP contribution in [-0.2, 0) is 12.1 Å². The van der Waals surface area contributed by atoms with Crippen LogP contribution in [0.25, 0.3) is 10.9 Å². The molecule has 0 radical (unpaired) electrons. The first kappa shape index (κ1) is 17.6. The molecule has 0 bridgehead atoms. The molecule has 1 aromatic carbocycles. The van der Waals surface area contributed by atoms with Gasteiger partial charge in [0.1, 0.15) is 5.60 Å². The van der Waals surface area contributed by atoms with Crippen molar-refractivity contribution in [3.63, 3.8) is 0 Å². The Morgan fingerprint density at radius 1 is 1.13 bits per heavy atom. The monoisotopic (exact) mass is 311 g/mol. The quantitative estimate of drug-likeness (QED) is 0.604. The van der Waals surface area contributed by atoms with Crippen LogP contribution in [-0.4, -0.2) is 9.67 Å². The number of rotatable bonds is 5. The van der Waals surface area contributed by atoms with E-state index in [0.29, 0.717) is 0 Å². The van der Waals surface area contributed by atoms with Gasteiger partial charge in [0, 0.05) is 18.5 Å². The van der Waals surface area contributed by atoms with Crippen molar-refractivity contribution in [3.05, 3.63) is 36.0 Å². The largest absolute Gasteiger partial charge is 0.382 e. The van der Waals surface area contributed by atoms with Crippen LogP contribution in [0, 0.1) is 17.3 Å². The zero-order valence-electron chi connectivity index (χ0n) is 15.1. The zero-order chi connectivity index (χ0) is 17.1. The summed E-state index contributed by atoms with van der Waals surface area (Å²) in [4.78, 5) is 0. The van der Waals surface area contributed by atoms with Gasteiger partial charge in [-0.1, -0.05) is 37.5 Å². The van der Waals surface area contributed by atoms with E-state index in [1.165, 1.54) is 10.9 Å². The number of nitrogens with zero attached hydrogens (tertiary/aromatic N) is 1. The lowest BCUT2D eigenvalue weighted by Crippen LogP contribution is -2.40. The molecule has 2 rings (SSSR count). The number of aryl methyl sites for hydroxylation is 1. The predicted octanol–water partition coefficient (Wildman–Crippen LogP) is 5.09. The van der Waals surface area contributed by atoms with E-state index in [2.05, 4.69) is 48.5 Å². The minimum atomic E-state index is -1.01.